The topological polar surface area (TPSA) is 80.8 Å². The lowest BCUT2D eigenvalue weighted by Crippen LogP contribution is -2.52. The predicted molar refractivity (Wildman–Crippen MR) is 114 cm³/mol. The first kappa shape index (κ1) is 21.5. The predicted octanol–water partition coefficient (Wildman–Crippen LogP) is 0.310. The highest BCUT2D eigenvalue weighted by Crippen LogP contribution is 2.13. The van der Waals surface area contributed by atoms with Crippen molar-refractivity contribution in [1.29, 1.82) is 0 Å². The third-order valence-corrected chi connectivity index (χ3v) is 5.60. The molecule has 1 aromatic rings. The molecule has 3 rings (SSSR count). The Balaban J connectivity index is 1.31. The van der Waals surface area contributed by atoms with E-state index < -0.39 is 0 Å². The van der Waals surface area contributed by atoms with Crippen LogP contribution < -0.4 is 15.5 Å². The molecule has 2 aliphatic rings. The van der Waals surface area contributed by atoms with E-state index in [1.165, 1.54) is 0 Å². The van der Waals surface area contributed by atoms with Gasteiger partial charge in [-0.1, -0.05) is 13.0 Å². The molecule has 8 nitrogen and oxygen atoms in total. The average Bonchev–Trinajstić information content (AvgIpc) is 2.75. The van der Waals surface area contributed by atoms with Gasteiger partial charge in [-0.3, -0.25) is 19.4 Å². The van der Waals surface area contributed by atoms with Gasteiger partial charge in [-0.25, -0.2) is 4.98 Å². The molecular weight excluding hydrogens is 368 g/mol. The van der Waals surface area contributed by atoms with Gasteiger partial charge in [-0.2, -0.15) is 0 Å². The number of nitrogens with zero attached hydrogens (tertiary/aromatic N) is 4. The Morgan fingerprint density at radius 1 is 1.00 bits per heavy atom. The Bertz CT molecular complexity index is 640. The minimum Gasteiger partial charge on any atom is -0.355 e. The first-order valence-electron chi connectivity index (χ1n) is 10.8. The molecule has 0 aromatic carbocycles. The van der Waals surface area contributed by atoms with Crippen LogP contribution >= 0.6 is 0 Å². The molecule has 2 N–H and O–H groups in total. The molecule has 29 heavy (non-hydrogen) atoms. The molecule has 0 spiro atoms. The Labute approximate surface area is 173 Å². The van der Waals surface area contributed by atoms with E-state index in [4.69, 9.17) is 0 Å². The molecule has 8 heteroatoms. The molecule has 0 unspecified atom stereocenters. The summed E-state index contributed by atoms with van der Waals surface area (Å²) in [4.78, 5) is 35.3. The average molecular weight is 403 g/mol. The number of carbonyl (C=O) groups is 2. The highest BCUT2D eigenvalue weighted by atomic mass is 16.2. The maximum atomic E-state index is 12.5. The van der Waals surface area contributed by atoms with Gasteiger partial charge in [-0.15, -0.1) is 0 Å². The Morgan fingerprint density at radius 2 is 1.69 bits per heavy atom. The normalized spacial score (nSPS) is 19.1. The van der Waals surface area contributed by atoms with Crippen molar-refractivity contribution in [1.82, 2.24) is 25.4 Å². The van der Waals surface area contributed by atoms with Crippen molar-refractivity contribution < 1.29 is 9.59 Å². The summed E-state index contributed by atoms with van der Waals surface area (Å²) in [5.74, 6) is 1.21. The van der Waals surface area contributed by atoms with Crippen LogP contribution in [0.1, 0.15) is 26.2 Å². The SMILES string of the molecule is CCCNC(=O)CN1CCC(NC(=O)CN2CCN(c3ccccn3)CC2)CC1. The maximum Gasteiger partial charge on any atom is 0.234 e. The zero-order valence-corrected chi connectivity index (χ0v) is 17.5. The molecule has 0 aliphatic carbocycles. The molecule has 3 heterocycles. The van der Waals surface area contributed by atoms with Crippen LogP contribution in [-0.4, -0.2) is 91.5 Å². The lowest BCUT2D eigenvalue weighted by molar-refractivity contribution is -0.124. The monoisotopic (exact) mass is 402 g/mol. The van der Waals surface area contributed by atoms with Crippen molar-refractivity contribution in [2.24, 2.45) is 0 Å². The summed E-state index contributed by atoms with van der Waals surface area (Å²) >= 11 is 0. The maximum absolute atomic E-state index is 12.5. The van der Waals surface area contributed by atoms with Crippen LogP contribution in [0.25, 0.3) is 0 Å². The van der Waals surface area contributed by atoms with Crippen molar-refractivity contribution in [2.75, 3.05) is 63.8 Å². The summed E-state index contributed by atoms with van der Waals surface area (Å²) in [6.45, 7) is 8.93. The van der Waals surface area contributed by atoms with Crippen molar-refractivity contribution >= 4 is 17.6 Å². The van der Waals surface area contributed by atoms with E-state index in [1.807, 2.05) is 24.4 Å². The highest BCUT2D eigenvalue weighted by Gasteiger charge is 2.24. The Hall–Kier alpha value is -2.19. The third kappa shape index (κ3) is 6.97. The van der Waals surface area contributed by atoms with Gasteiger partial charge in [0, 0.05) is 58.1 Å². The number of piperidine rings is 1. The minimum absolute atomic E-state index is 0.0965. The number of pyridine rings is 1. The third-order valence-electron chi connectivity index (χ3n) is 5.60. The van der Waals surface area contributed by atoms with Crippen LogP contribution in [0, 0.1) is 0 Å². The van der Waals surface area contributed by atoms with E-state index >= 15 is 0 Å². The zero-order valence-electron chi connectivity index (χ0n) is 17.5. The number of carbonyl (C=O) groups excluding carboxylic acids is 2. The van der Waals surface area contributed by atoms with Gasteiger partial charge in [0.25, 0.3) is 0 Å². The molecule has 160 valence electrons. The summed E-state index contributed by atoms with van der Waals surface area (Å²) in [7, 11) is 0. The Kier molecular flexibility index (Phi) is 8.25. The van der Waals surface area contributed by atoms with Gasteiger partial charge >= 0.3 is 0 Å². The first-order valence-corrected chi connectivity index (χ1v) is 10.8. The second-order valence-electron chi connectivity index (χ2n) is 7.92. The summed E-state index contributed by atoms with van der Waals surface area (Å²) in [5, 5.41) is 6.10. The molecule has 2 amide bonds. The zero-order chi connectivity index (χ0) is 20.5. The number of hydrogen-bond donors (Lipinski definition) is 2. The molecule has 1 aromatic heterocycles. The van der Waals surface area contributed by atoms with E-state index in [1.54, 1.807) is 0 Å². The number of rotatable bonds is 8. The van der Waals surface area contributed by atoms with Gasteiger partial charge in [-0.05, 0) is 31.4 Å². The van der Waals surface area contributed by atoms with Gasteiger partial charge < -0.3 is 15.5 Å². The van der Waals surface area contributed by atoms with Gasteiger partial charge in [0.15, 0.2) is 0 Å². The number of nitrogens with one attached hydrogen (secondary N) is 2. The van der Waals surface area contributed by atoms with Crippen molar-refractivity contribution in [2.45, 2.75) is 32.2 Å². The van der Waals surface area contributed by atoms with Crippen LogP contribution in [-0.2, 0) is 9.59 Å². The quantitative estimate of drug-likeness (QED) is 0.652. The summed E-state index contributed by atoms with van der Waals surface area (Å²) < 4.78 is 0. The minimum atomic E-state index is 0.0965. The van der Waals surface area contributed by atoms with E-state index in [2.05, 4.69) is 37.2 Å². The van der Waals surface area contributed by atoms with Gasteiger partial charge in [0.05, 0.1) is 13.1 Å². The van der Waals surface area contributed by atoms with Gasteiger partial charge in [0.2, 0.25) is 11.8 Å². The van der Waals surface area contributed by atoms with E-state index in [0.29, 0.717) is 13.1 Å². The molecule has 0 radical (unpaired) electrons. The Morgan fingerprint density at radius 3 is 2.34 bits per heavy atom. The fraction of sp³-hybridized carbons (Fsp3) is 0.667. The molecule has 0 atom stereocenters. The molecule has 0 saturated carbocycles. The summed E-state index contributed by atoms with van der Waals surface area (Å²) in [5.41, 5.74) is 0. The first-order chi connectivity index (χ1) is 14.1. The number of amides is 2. The van der Waals surface area contributed by atoms with E-state index in [9.17, 15) is 9.59 Å². The fourth-order valence-electron chi connectivity index (χ4n) is 3.91. The number of piperazine rings is 1. The van der Waals surface area contributed by atoms with Crippen LogP contribution in [0.4, 0.5) is 5.82 Å². The van der Waals surface area contributed by atoms with Crippen LogP contribution in [0.3, 0.4) is 0 Å². The second kappa shape index (κ2) is 11.1. The van der Waals surface area contributed by atoms with Crippen LogP contribution in [0.15, 0.2) is 24.4 Å². The largest absolute Gasteiger partial charge is 0.355 e. The summed E-state index contributed by atoms with van der Waals surface area (Å²) in [6.07, 6.45) is 4.58. The lowest BCUT2D eigenvalue weighted by atomic mass is 10.0. The standard InChI is InChI=1S/C21H34N6O2/c1-2-8-23-20(28)16-25-10-6-18(7-11-25)24-21(29)17-26-12-14-27(15-13-26)19-5-3-4-9-22-19/h3-5,9,18H,2,6-8,10-17H2,1H3,(H,23,28)(H,24,29). The molecule has 2 saturated heterocycles. The number of likely N-dealkylation sites (tertiary alicyclic amines) is 1. The number of hydrogen-bond acceptors (Lipinski definition) is 6. The van der Waals surface area contributed by atoms with E-state index in [-0.39, 0.29) is 17.9 Å². The number of anilines is 1. The van der Waals surface area contributed by atoms with Gasteiger partial charge in [0.1, 0.15) is 5.82 Å². The van der Waals surface area contributed by atoms with Crippen LogP contribution in [0.2, 0.25) is 0 Å². The van der Waals surface area contributed by atoms with Crippen LogP contribution in [0.5, 0.6) is 0 Å². The molecular formula is C21H34N6O2. The highest BCUT2D eigenvalue weighted by molar-refractivity contribution is 5.78. The molecule has 2 fully saturated rings. The van der Waals surface area contributed by atoms with Crippen molar-refractivity contribution in [3.63, 3.8) is 0 Å². The second-order valence-corrected chi connectivity index (χ2v) is 7.92. The number of aromatic nitrogens is 1. The van der Waals surface area contributed by atoms with Crippen molar-refractivity contribution in [3.8, 4) is 0 Å². The molecule has 2 aliphatic heterocycles. The summed E-state index contributed by atoms with van der Waals surface area (Å²) in [6, 6.07) is 6.18. The fourth-order valence-corrected chi connectivity index (χ4v) is 3.91. The molecule has 0 bridgehead atoms. The van der Waals surface area contributed by atoms with E-state index in [0.717, 1.165) is 70.9 Å². The van der Waals surface area contributed by atoms with Crippen molar-refractivity contribution in [3.05, 3.63) is 24.4 Å². The smallest absolute Gasteiger partial charge is 0.234 e. The lowest BCUT2D eigenvalue weighted by Gasteiger charge is -2.36.